The fourth-order valence-corrected chi connectivity index (χ4v) is 3.83. The van der Waals surface area contributed by atoms with E-state index < -0.39 is 65.3 Å². The van der Waals surface area contributed by atoms with Crippen molar-refractivity contribution in [2.24, 2.45) is 5.92 Å². The Morgan fingerprint density at radius 2 is 1.85 bits per heavy atom. The molecule has 1 amide bonds. The van der Waals surface area contributed by atoms with Crippen LogP contribution < -0.4 is 16.6 Å². The zero-order valence-electron chi connectivity index (χ0n) is 20.4. The number of esters is 1. The second-order valence-electron chi connectivity index (χ2n) is 10.1. The summed E-state index contributed by atoms with van der Waals surface area (Å²) in [5, 5.41) is 2.54. The maximum Gasteiger partial charge on any atom is 0.408 e. The number of carbonyl (C=O) groups is 2. The van der Waals surface area contributed by atoms with Gasteiger partial charge in [0.05, 0.1) is 0 Å². The Morgan fingerprint density at radius 3 is 2.44 bits per heavy atom. The minimum atomic E-state index is -0.954. The van der Waals surface area contributed by atoms with Gasteiger partial charge in [0, 0.05) is 12.3 Å². The molecule has 1 aromatic rings. The molecule has 0 radical (unpaired) electrons. The molecule has 1 aromatic heterocycles. The van der Waals surface area contributed by atoms with Crippen LogP contribution in [0.1, 0.15) is 54.7 Å². The van der Waals surface area contributed by atoms with E-state index in [1.807, 2.05) is 0 Å². The average Bonchev–Trinajstić information content (AvgIpc) is 3.16. The van der Waals surface area contributed by atoms with E-state index >= 15 is 0 Å². The fourth-order valence-electron chi connectivity index (χ4n) is 3.83. The molecule has 2 aliphatic rings. The van der Waals surface area contributed by atoms with Gasteiger partial charge in [-0.3, -0.25) is 14.3 Å². The first-order valence-electron chi connectivity index (χ1n) is 11.2. The lowest BCUT2D eigenvalue weighted by Crippen LogP contribution is -2.48. The molecule has 0 saturated carbocycles. The summed E-state index contributed by atoms with van der Waals surface area (Å²) in [7, 11) is 0. The van der Waals surface area contributed by atoms with Crippen LogP contribution >= 0.6 is 0 Å². The van der Waals surface area contributed by atoms with Crippen molar-refractivity contribution in [2.75, 3.05) is 6.61 Å². The second kappa shape index (κ2) is 9.51. The number of hydrogen-bond donors (Lipinski definition) is 2. The van der Waals surface area contributed by atoms with Crippen LogP contribution in [-0.4, -0.2) is 64.0 Å². The maximum atomic E-state index is 12.8. The third-order valence-electron chi connectivity index (χ3n) is 5.23. The van der Waals surface area contributed by atoms with Crippen LogP contribution in [0.2, 0.25) is 0 Å². The Bertz CT molecular complexity index is 1020. The monoisotopic (exact) mass is 483 g/mol. The van der Waals surface area contributed by atoms with Crippen molar-refractivity contribution in [1.82, 2.24) is 14.9 Å². The minimum absolute atomic E-state index is 0.201. The number of ether oxygens (including phenoxy) is 5. The number of nitrogens with zero attached hydrogens (tertiary/aromatic N) is 1. The van der Waals surface area contributed by atoms with E-state index in [0.717, 1.165) is 0 Å². The van der Waals surface area contributed by atoms with E-state index in [0.29, 0.717) is 0 Å². The third kappa shape index (κ3) is 6.05. The number of H-pyrrole nitrogens is 1. The number of fused-ring (bicyclic) bond motifs is 1. The van der Waals surface area contributed by atoms with Gasteiger partial charge in [-0.1, -0.05) is 13.8 Å². The molecule has 3 heterocycles. The van der Waals surface area contributed by atoms with Crippen molar-refractivity contribution >= 4 is 12.1 Å². The number of nitrogens with one attached hydrogen (secondary N) is 2. The molecule has 5 atom stereocenters. The number of rotatable bonds is 6. The molecule has 3 rings (SSSR count). The van der Waals surface area contributed by atoms with Crippen molar-refractivity contribution in [2.45, 2.75) is 90.4 Å². The van der Waals surface area contributed by atoms with Crippen molar-refractivity contribution in [3.05, 3.63) is 33.1 Å². The molecule has 0 unspecified atom stereocenters. The van der Waals surface area contributed by atoms with Gasteiger partial charge in [0.2, 0.25) is 0 Å². The first-order valence-corrected chi connectivity index (χ1v) is 11.2. The van der Waals surface area contributed by atoms with Crippen LogP contribution in [-0.2, 0) is 28.5 Å². The van der Waals surface area contributed by atoms with Gasteiger partial charge in [-0.25, -0.2) is 14.4 Å². The van der Waals surface area contributed by atoms with Gasteiger partial charge in [-0.15, -0.1) is 0 Å². The van der Waals surface area contributed by atoms with Crippen LogP contribution in [0.4, 0.5) is 4.79 Å². The lowest BCUT2D eigenvalue weighted by molar-refractivity contribution is -0.203. The van der Waals surface area contributed by atoms with E-state index in [1.54, 1.807) is 48.5 Å². The molecule has 2 N–H and O–H groups in total. The highest BCUT2D eigenvalue weighted by Gasteiger charge is 2.56. The highest BCUT2D eigenvalue weighted by Crippen LogP contribution is 2.42. The van der Waals surface area contributed by atoms with Crippen molar-refractivity contribution in [1.29, 1.82) is 0 Å². The molecular formula is C22H33N3O9. The van der Waals surface area contributed by atoms with Gasteiger partial charge in [-0.05, 0) is 40.5 Å². The first kappa shape index (κ1) is 25.9. The van der Waals surface area contributed by atoms with Crippen LogP contribution in [0, 0.1) is 5.92 Å². The zero-order valence-corrected chi connectivity index (χ0v) is 20.4. The summed E-state index contributed by atoms with van der Waals surface area (Å²) >= 11 is 0. The maximum absolute atomic E-state index is 12.8. The van der Waals surface area contributed by atoms with Gasteiger partial charge < -0.3 is 29.0 Å². The van der Waals surface area contributed by atoms with Crippen molar-refractivity contribution in [3.63, 3.8) is 0 Å². The molecule has 0 aliphatic carbocycles. The number of carbonyl (C=O) groups excluding carboxylic acids is 2. The Labute approximate surface area is 196 Å². The average molecular weight is 484 g/mol. The Morgan fingerprint density at radius 1 is 1.21 bits per heavy atom. The second-order valence-corrected chi connectivity index (χ2v) is 10.1. The van der Waals surface area contributed by atoms with E-state index in [9.17, 15) is 19.2 Å². The van der Waals surface area contributed by atoms with Gasteiger partial charge in [0.15, 0.2) is 12.0 Å². The molecule has 0 spiro atoms. The predicted molar refractivity (Wildman–Crippen MR) is 118 cm³/mol. The number of aromatic nitrogens is 2. The highest BCUT2D eigenvalue weighted by molar-refractivity contribution is 5.81. The molecule has 190 valence electrons. The van der Waals surface area contributed by atoms with E-state index in [4.69, 9.17) is 23.7 Å². The van der Waals surface area contributed by atoms with Crippen LogP contribution in [0.5, 0.6) is 0 Å². The smallest absolute Gasteiger partial charge is 0.408 e. The number of aromatic amines is 1. The molecule has 12 nitrogen and oxygen atoms in total. The summed E-state index contributed by atoms with van der Waals surface area (Å²) in [6.45, 7) is 11.9. The highest BCUT2D eigenvalue weighted by atomic mass is 16.8. The van der Waals surface area contributed by atoms with Gasteiger partial charge in [0.1, 0.15) is 36.6 Å². The van der Waals surface area contributed by atoms with E-state index in [-0.39, 0.29) is 12.5 Å². The standard InChI is InChI=1S/C22H33N3O9/c1-11(2)14(24-20(29)34-21(3,4)5)18(27)30-10-12-15-16(33-22(6,7)32-15)17(31-12)25-9-8-13(26)23-19(25)28/h8-9,11-12,14-17H,10H2,1-7H3,(H,24,29)(H,23,26,28)/t12-,14+,15-,16-,17-/m1/s1. The number of hydrogen-bond acceptors (Lipinski definition) is 9. The predicted octanol–water partition coefficient (Wildman–Crippen LogP) is 1.05. The molecule has 2 fully saturated rings. The summed E-state index contributed by atoms with van der Waals surface area (Å²) in [6.07, 6.45) is -2.39. The van der Waals surface area contributed by atoms with Gasteiger partial charge in [-0.2, -0.15) is 0 Å². The van der Waals surface area contributed by atoms with E-state index in [1.165, 1.54) is 16.8 Å². The van der Waals surface area contributed by atoms with Crippen molar-refractivity contribution < 1.29 is 33.3 Å². The topological polar surface area (TPSA) is 147 Å². The minimum Gasteiger partial charge on any atom is -0.461 e. The Balaban J connectivity index is 1.71. The summed E-state index contributed by atoms with van der Waals surface area (Å²) in [4.78, 5) is 50.9. The van der Waals surface area contributed by atoms with Crippen molar-refractivity contribution in [3.8, 4) is 0 Å². The fraction of sp³-hybridized carbons (Fsp3) is 0.727. The lowest BCUT2D eigenvalue weighted by Gasteiger charge is -2.26. The SMILES string of the molecule is CC(C)[C@H](NC(=O)OC(C)(C)C)C(=O)OC[C@H]1O[C@@H](n2ccc(=O)[nH]c2=O)[C@@H]2OC(C)(C)O[C@@H]21. The molecule has 12 heteroatoms. The summed E-state index contributed by atoms with van der Waals surface area (Å²) in [5.74, 6) is -1.89. The largest absolute Gasteiger partial charge is 0.461 e. The van der Waals surface area contributed by atoms with Crippen LogP contribution in [0.3, 0.4) is 0 Å². The van der Waals surface area contributed by atoms with E-state index in [2.05, 4.69) is 10.3 Å². The van der Waals surface area contributed by atoms with Crippen LogP contribution in [0.25, 0.3) is 0 Å². The molecule has 2 aliphatic heterocycles. The normalized spacial score (nSPS) is 26.7. The van der Waals surface area contributed by atoms with Gasteiger partial charge >= 0.3 is 17.8 Å². The third-order valence-corrected chi connectivity index (χ3v) is 5.23. The summed E-state index contributed by atoms with van der Waals surface area (Å²) < 4.78 is 29.8. The molecule has 34 heavy (non-hydrogen) atoms. The number of alkyl carbamates (subject to hydrolysis) is 1. The van der Waals surface area contributed by atoms with Crippen LogP contribution in [0.15, 0.2) is 21.9 Å². The molecule has 2 saturated heterocycles. The summed E-state index contributed by atoms with van der Waals surface area (Å²) in [5.41, 5.74) is -1.92. The lowest BCUT2D eigenvalue weighted by atomic mass is 10.1. The molecule has 0 bridgehead atoms. The Hall–Kier alpha value is -2.70. The summed E-state index contributed by atoms with van der Waals surface area (Å²) in [6, 6.07) is 0.255. The number of amides is 1. The molecular weight excluding hydrogens is 450 g/mol. The zero-order chi connectivity index (χ0) is 25.4. The Kier molecular flexibility index (Phi) is 7.25. The first-order chi connectivity index (χ1) is 15.7. The molecule has 0 aromatic carbocycles. The van der Waals surface area contributed by atoms with Gasteiger partial charge in [0.25, 0.3) is 5.56 Å². The quantitative estimate of drug-likeness (QED) is 0.567.